The van der Waals surface area contributed by atoms with Gasteiger partial charge in [-0.1, -0.05) is 13.3 Å². The first-order valence-corrected chi connectivity index (χ1v) is 7.04. The number of rotatable bonds is 5. The molecule has 1 aromatic rings. The average molecular weight is 278 g/mol. The van der Waals surface area contributed by atoms with Crippen molar-refractivity contribution >= 4 is 5.78 Å². The molecule has 0 fully saturated rings. The number of hydrogen-bond acceptors (Lipinski definition) is 4. The molecular weight excluding hydrogens is 256 g/mol. The lowest BCUT2D eigenvalue weighted by Crippen LogP contribution is -2.36. The molecule has 0 N–H and O–H groups in total. The van der Waals surface area contributed by atoms with Crippen molar-refractivity contribution in [2.45, 2.75) is 45.6 Å². The summed E-state index contributed by atoms with van der Waals surface area (Å²) in [7, 11) is 1.55. The molecule has 0 radical (unpaired) electrons. The van der Waals surface area contributed by atoms with Crippen molar-refractivity contribution in [3.05, 3.63) is 17.7 Å². The molecule has 0 saturated carbocycles. The van der Waals surface area contributed by atoms with Gasteiger partial charge in [-0.15, -0.1) is 0 Å². The van der Waals surface area contributed by atoms with Crippen LogP contribution in [0.25, 0.3) is 0 Å². The van der Waals surface area contributed by atoms with Gasteiger partial charge in [0.25, 0.3) is 0 Å². The van der Waals surface area contributed by atoms with Crippen molar-refractivity contribution in [3.63, 3.8) is 0 Å². The van der Waals surface area contributed by atoms with Gasteiger partial charge in [-0.05, 0) is 20.3 Å². The van der Waals surface area contributed by atoms with Crippen LogP contribution in [0.2, 0.25) is 0 Å². The van der Waals surface area contributed by atoms with Crippen LogP contribution in [0.15, 0.2) is 12.1 Å². The standard InChI is InChI=1S/C16H22O4/c1-5-6-7-19-11-8-13(18-4)15-12(17)10-16(2,3)20-14(15)9-11/h8-9H,5-7,10H2,1-4H3. The van der Waals surface area contributed by atoms with Crippen LogP contribution >= 0.6 is 0 Å². The van der Waals surface area contributed by atoms with Crippen molar-refractivity contribution in [2.24, 2.45) is 0 Å². The minimum absolute atomic E-state index is 0.0493. The zero-order valence-electron chi connectivity index (χ0n) is 12.6. The number of hydrogen-bond donors (Lipinski definition) is 0. The van der Waals surface area contributed by atoms with E-state index in [-0.39, 0.29) is 5.78 Å². The number of carbonyl (C=O) groups excluding carboxylic acids is 1. The minimum atomic E-state index is -0.489. The normalized spacial score (nSPS) is 16.3. The molecule has 20 heavy (non-hydrogen) atoms. The summed E-state index contributed by atoms with van der Waals surface area (Å²) in [5.41, 5.74) is 0.0339. The van der Waals surface area contributed by atoms with Gasteiger partial charge in [-0.2, -0.15) is 0 Å². The van der Waals surface area contributed by atoms with Crippen molar-refractivity contribution in [2.75, 3.05) is 13.7 Å². The van der Waals surface area contributed by atoms with Crippen LogP contribution in [0.5, 0.6) is 17.2 Å². The third-order valence-electron chi connectivity index (χ3n) is 3.28. The van der Waals surface area contributed by atoms with Crippen LogP contribution in [0, 0.1) is 0 Å². The maximum atomic E-state index is 12.3. The maximum Gasteiger partial charge on any atom is 0.174 e. The van der Waals surface area contributed by atoms with Gasteiger partial charge in [-0.3, -0.25) is 4.79 Å². The predicted octanol–water partition coefficient (Wildman–Crippen LogP) is 3.62. The number of unbranched alkanes of at least 4 members (excludes halogenated alkanes) is 1. The first kappa shape index (κ1) is 14.7. The monoisotopic (exact) mass is 278 g/mol. The Kier molecular flexibility index (Phi) is 4.21. The quantitative estimate of drug-likeness (QED) is 0.772. The average Bonchev–Trinajstić information content (AvgIpc) is 2.36. The van der Waals surface area contributed by atoms with E-state index in [2.05, 4.69) is 6.92 Å². The van der Waals surface area contributed by atoms with E-state index in [9.17, 15) is 4.79 Å². The lowest BCUT2D eigenvalue weighted by molar-refractivity contribution is 0.0612. The summed E-state index contributed by atoms with van der Waals surface area (Å²) in [6, 6.07) is 3.54. The third kappa shape index (κ3) is 3.06. The highest BCUT2D eigenvalue weighted by Gasteiger charge is 2.35. The number of methoxy groups -OCH3 is 1. The molecule has 0 saturated heterocycles. The summed E-state index contributed by atoms with van der Waals surface area (Å²) in [5, 5.41) is 0. The Morgan fingerprint density at radius 3 is 2.75 bits per heavy atom. The molecule has 1 aromatic carbocycles. The summed E-state index contributed by atoms with van der Waals surface area (Å²) in [5.74, 6) is 1.80. The van der Waals surface area contributed by atoms with E-state index in [0.29, 0.717) is 35.8 Å². The van der Waals surface area contributed by atoms with Crippen LogP contribution in [-0.2, 0) is 0 Å². The van der Waals surface area contributed by atoms with E-state index in [0.717, 1.165) is 12.8 Å². The Labute approximate surface area is 120 Å². The van der Waals surface area contributed by atoms with Crippen molar-refractivity contribution in [1.82, 2.24) is 0 Å². The van der Waals surface area contributed by atoms with Gasteiger partial charge in [0.2, 0.25) is 0 Å². The molecule has 0 bridgehead atoms. The zero-order chi connectivity index (χ0) is 14.8. The Balaban J connectivity index is 2.34. The lowest BCUT2D eigenvalue weighted by Gasteiger charge is -2.32. The van der Waals surface area contributed by atoms with Gasteiger partial charge < -0.3 is 14.2 Å². The highest BCUT2D eigenvalue weighted by Crippen LogP contribution is 2.41. The van der Waals surface area contributed by atoms with Gasteiger partial charge in [0, 0.05) is 12.1 Å². The molecule has 0 atom stereocenters. The zero-order valence-corrected chi connectivity index (χ0v) is 12.6. The first-order chi connectivity index (χ1) is 9.46. The van der Waals surface area contributed by atoms with Gasteiger partial charge in [0.05, 0.1) is 20.1 Å². The summed E-state index contributed by atoms with van der Waals surface area (Å²) < 4.78 is 16.9. The Hall–Kier alpha value is -1.71. The van der Waals surface area contributed by atoms with E-state index in [4.69, 9.17) is 14.2 Å². The van der Waals surface area contributed by atoms with E-state index in [1.54, 1.807) is 19.2 Å². The topological polar surface area (TPSA) is 44.8 Å². The van der Waals surface area contributed by atoms with Gasteiger partial charge in [0.1, 0.15) is 28.4 Å². The largest absolute Gasteiger partial charge is 0.496 e. The molecule has 4 nitrogen and oxygen atoms in total. The predicted molar refractivity (Wildman–Crippen MR) is 77.1 cm³/mol. The Morgan fingerprint density at radius 2 is 2.10 bits per heavy atom. The van der Waals surface area contributed by atoms with Gasteiger partial charge in [-0.25, -0.2) is 0 Å². The van der Waals surface area contributed by atoms with E-state index >= 15 is 0 Å². The number of ether oxygens (including phenoxy) is 3. The number of benzene rings is 1. The highest BCUT2D eigenvalue weighted by atomic mass is 16.5. The van der Waals surface area contributed by atoms with Gasteiger partial charge in [0.15, 0.2) is 5.78 Å². The fourth-order valence-electron chi connectivity index (χ4n) is 2.31. The van der Waals surface area contributed by atoms with Crippen LogP contribution < -0.4 is 14.2 Å². The second kappa shape index (κ2) is 5.73. The van der Waals surface area contributed by atoms with Crippen LogP contribution in [-0.4, -0.2) is 25.1 Å². The fraction of sp³-hybridized carbons (Fsp3) is 0.562. The second-order valence-corrected chi connectivity index (χ2v) is 5.66. The summed E-state index contributed by atoms with van der Waals surface area (Å²) in [6.07, 6.45) is 2.42. The van der Waals surface area contributed by atoms with Crippen LogP contribution in [0.3, 0.4) is 0 Å². The second-order valence-electron chi connectivity index (χ2n) is 5.66. The van der Waals surface area contributed by atoms with Crippen LogP contribution in [0.1, 0.15) is 50.4 Å². The molecule has 1 aliphatic rings. The number of Topliss-reactive ketones (excluding diaryl/α,β-unsaturated/α-hetero) is 1. The molecule has 0 aliphatic carbocycles. The maximum absolute atomic E-state index is 12.3. The molecule has 110 valence electrons. The smallest absolute Gasteiger partial charge is 0.174 e. The lowest BCUT2D eigenvalue weighted by atomic mass is 9.92. The summed E-state index contributed by atoms with van der Waals surface area (Å²) in [6.45, 7) is 6.58. The molecule has 2 rings (SSSR count). The number of carbonyl (C=O) groups is 1. The summed E-state index contributed by atoms with van der Waals surface area (Å²) >= 11 is 0. The summed E-state index contributed by atoms with van der Waals surface area (Å²) in [4.78, 5) is 12.3. The minimum Gasteiger partial charge on any atom is -0.496 e. The Bertz CT molecular complexity index is 505. The fourth-order valence-corrected chi connectivity index (χ4v) is 2.31. The van der Waals surface area contributed by atoms with E-state index < -0.39 is 5.60 Å². The number of fused-ring (bicyclic) bond motifs is 1. The van der Waals surface area contributed by atoms with E-state index in [1.165, 1.54) is 0 Å². The number of ketones is 1. The van der Waals surface area contributed by atoms with Gasteiger partial charge >= 0.3 is 0 Å². The van der Waals surface area contributed by atoms with Crippen LogP contribution in [0.4, 0.5) is 0 Å². The molecule has 0 amide bonds. The molecule has 1 aliphatic heterocycles. The molecule has 0 spiro atoms. The highest BCUT2D eigenvalue weighted by molar-refractivity contribution is 6.03. The Morgan fingerprint density at radius 1 is 1.35 bits per heavy atom. The molecule has 1 heterocycles. The SMILES string of the molecule is CCCCOc1cc(OC)c2c(c1)OC(C)(C)CC2=O. The molecular formula is C16H22O4. The third-order valence-corrected chi connectivity index (χ3v) is 3.28. The van der Waals surface area contributed by atoms with Crippen molar-refractivity contribution in [1.29, 1.82) is 0 Å². The molecule has 0 aromatic heterocycles. The molecule has 4 heteroatoms. The van der Waals surface area contributed by atoms with E-state index in [1.807, 2.05) is 13.8 Å². The molecule has 0 unspecified atom stereocenters. The first-order valence-electron chi connectivity index (χ1n) is 7.04. The van der Waals surface area contributed by atoms with Crippen molar-refractivity contribution < 1.29 is 19.0 Å². The van der Waals surface area contributed by atoms with Crippen molar-refractivity contribution in [3.8, 4) is 17.2 Å².